The average molecular weight is 336 g/mol. The Bertz CT molecular complexity index is 921. The van der Waals surface area contributed by atoms with Crippen molar-refractivity contribution in [3.63, 3.8) is 0 Å². The number of carbonyl (C=O) groups excluding carboxylic acids is 1. The van der Waals surface area contributed by atoms with Gasteiger partial charge >= 0.3 is 0 Å². The zero-order chi connectivity index (χ0) is 17.4. The molecule has 7 nitrogen and oxygen atoms in total. The van der Waals surface area contributed by atoms with E-state index in [2.05, 4.69) is 9.97 Å². The van der Waals surface area contributed by atoms with Crippen LogP contribution in [0, 0.1) is 5.92 Å². The fraction of sp³-hybridized carbons (Fsp3) is 0.333. The first kappa shape index (κ1) is 15.6. The Labute approximate surface area is 145 Å². The van der Waals surface area contributed by atoms with E-state index in [-0.39, 0.29) is 0 Å². The van der Waals surface area contributed by atoms with E-state index in [9.17, 15) is 4.79 Å². The first-order chi connectivity index (χ1) is 12.1. The van der Waals surface area contributed by atoms with E-state index in [0.29, 0.717) is 36.0 Å². The van der Waals surface area contributed by atoms with Crippen LogP contribution in [0.3, 0.4) is 0 Å². The minimum atomic E-state index is 0.357. The van der Waals surface area contributed by atoms with Crippen LogP contribution in [0.1, 0.15) is 25.7 Å². The van der Waals surface area contributed by atoms with Crippen LogP contribution in [-0.2, 0) is 11.3 Å². The highest BCUT2D eigenvalue weighted by Crippen LogP contribution is 2.32. The Morgan fingerprint density at radius 3 is 2.52 bits per heavy atom. The molecule has 0 unspecified atom stereocenters. The van der Waals surface area contributed by atoms with Crippen LogP contribution in [0.2, 0.25) is 0 Å². The second-order valence-corrected chi connectivity index (χ2v) is 6.59. The van der Waals surface area contributed by atoms with E-state index in [4.69, 9.17) is 16.6 Å². The number of rotatable bonds is 3. The predicted molar refractivity (Wildman–Crippen MR) is 96.5 cm³/mol. The zero-order valence-electron chi connectivity index (χ0n) is 13.9. The molecule has 0 amide bonds. The molecule has 0 bridgehead atoms. The molecule has 0 aliphatic heterocycles. The maximum absolute atomic E-state index is 11.5. The van der Waals surface area contributed by atoms with Crippen molar-refractivity contribution >= 4 is 28.3 Å². The van der Waals surface area contributed by atoms with Gasteiger partial charge in [-0.05, 0) is 30.9 Å². The van der Waals surface area contributed by atoms with Gasteiger partial charge in [-0.2, -0.15) is 5.10 Å². The van der Waals surface area contributed by atoms with Gasteiger partial charge in [-0.25, -0.2) is 14.6 Å². The SMILES string of the molecule is Nc1ccc(-c2nn(CC3CCC(=O)CC3)c3ncnc(N)c23)cc1. The lowest BCUT2D eigenvalue weighted by atomic mass is 9.88. The van der Waals surface area contributed by atoms with Crippen molar-refractivity contribution in [1.29, 1.82) is 0 Å². The molecule has 25 heavy (non-hydrogen) atoms. The largest absolute Gasteiger partial charge is 0.399 e. The van der Waals surface area contributed by atoms with Gasteiger partial charge in [0.15, 0.2) is 5.65 Å². The number of carbonyl (C=O) groups is 1. The number of hydrogen-bond donors (Lipinski definition) is 2. The number of nitrogens with two attached hydrogens (primary N) is 2. The second kappa shape index (κ2) is 6.16. The maximum Gasteiger partial charge on any atom is 0.163 e. The van der Waals surface area contributed by atoms with Crippen LogP contribution in [0.5, 0.6) is 0 Å². The van der Waals surface area contributed by atoms with Gasteiger partial charge < -0.3 is 11.5 Å². The summed E-state index contributed by atoms with van der Waals surface area (Å²) in [6, 6.07) is 7.53. The normalized spacial score (nSPS) is 15.8. The van der Waals surface area contributed by atoms with Gasteiger partial charge in [0.1, 0.15) is 23.6 Å². The fourth-order valence-electron chi connectivity index (χ4n) is 3.43. The Balaban J connectivity index is 1.76. The number of aromatic nitrogens is 4. The summed E-state index contributed by atoms with van der Waals surface area (Å²) >= 11 is 0. The van der Waals surface area contributed by atoms with Crippen molar-refractivity contribution in [3.8, 4) is 11.3 Å². The topological polar surface area (TPSA) is 113 Å². The van der Waals surface area contributed by atoms with Crippen molar-refractivity contribution < 1.29 is 4.79 Å². The third-order valence-electron chi connectivity index (χ3n) is 4.84. The van der Waals surface area contributed by atoms with E-state index < -0.39 is 0 Å². The number of anilines is 2. The van der Waals surface area contributed by atoms with E-state index in [1.165, 1.54) is 6.33 Å². The summed E-state index contributed by atoms with van der Waals surface area (Å²) in [6.45, 7) is 0.731. The lowest BCUT2D eigenvalue weighted by Crippen LogP contribution is -2.19. The van der Waals surface area contributed by atoms with Crippen molar-refractivity contribution in [3.05, 3.63) is 30.6 Å². The highest BCUT2D eigenvalue weighted by atomic mass is 16.1. The van der Waals surface area contributed by atoms with Crippen LogP contribution in [-0.4, -0.2) is 25.5 Å². The van der Waals surface area contributed by atoms with Crippen molar-refractivity contribution in [2.24, 2.45) is 5.92 Å². The van der Waals surface area contributed by atoms with Crippen LogP contribution >= 0.6 is 0 Å². The molecule has 0 radical (unpaired) electrons. The molecule has 1 fully saturated rings. The average Bonchev–Trinajstić information content (AvgIpc) is 2.98. The number of nitrogen functional groups attached to an aromatic ring is 2. The first-order valence-corrected chi connectivity index (χ1v) is 8.46. The van der Waals surface area contributed by atoms with Gasteiger partial charge in [0.05, 0.1) is 5.39 Å². The molecule has 4 N–H and O–H groups in total. The number of nitrogens with zero attached hydrogens (tertiary/aromatic N) is 4. The smallest absolute Gasteiger partial charge is 0.163 e. The lowest BCUT2D eigenvalue weighted by molar-refractivity contribution is -0.121. The molecule has 2 heterocycles. The summed E-state index contributed by atoms with van der Waals surface area (Å²) in [7, 11) is 0. The number of benzene rings is 1. The number of fused-ring (bicyclic) bond motifs is 1. The summed E-state index contributed by atoms with van der Waals surface area (Å²) in [6.07, 6.45) is 4.58. The molecular weight excluding hydrogens is 316 g/mol. The molecule has 1 aliphatic rings. The molecule has 0 spiro atoms. The molecule has 0 atom stereocenters. The Kier molecular flexibility index (Phi) is 3.83. The molecular formula is C18H20N6O. The Morgan fingerprint density at radius 1 is 1.08 bits per heavy atom. The Morgan fingerprint density at radius 2 is 1.80 bits per heavy atom. The fourth-order valence-corrected chi connectivity index (χ4v) is 3.43. The van der Waals surface area contributed by atoms with Crippen LogP contribution in [0.15, 0.2) is 30.6 Å². The van der Waals surface area contributed by atoms with E-state index in [0.717, 1.165) is 41.7 Å². The highest BCUT2D eigenvalue weighted by Gasteiger charge is 2.22. The van der Waals surface area contributed by atoms with Gasteiger partial charge in [0.2, 0.25) is 0 Å². The number of hydrogen-bond acceptors (Lipinski definition) is 6. The van der Waals surface area contributed by atoms with Crippen LogP contribution < -0.4 is 11.5 Å². The lowest BCUT2D eigenvalue weighted by Gasteiger charge is -2.20. The van der Waals surface area contributed by atoms with E-state index >= 15 is 0 Å². The minimum absolute atomic E-state index is 0.357. The monoisotopic (exact) mass is 336 g/mol. The molecule has 4 rings (SSSR count). The van der Waals surface area contributed by atoms with E-state index in [1.807, 2.05) is 28.9 Å². The number of ketones is 1. The molecule has 2 aromatic heterocycles. The molecule has 128 valence electrons. The van der Waals surface area contributed by atoms with Crippen LogP contribution in [0.25, 0.3) is 22.3 Å². The maximum atomic E-state index is 11.5. The highest BCUT2D eigenvalue weighted by molar-refractivity contribution is 5.98. The Hall–Kier alpha value is -2.96. The van der Waals surface area contributed by atoms with Gasteiger partial charge in [-0.15, -0.1) is 0 Å². The quantitative estimate of drug-likeness (QED) is 0.710. The zero-order valence-corrected chi connectivity index (χ0v) is 13.9. The van der Waals surface area contributed by atoms with Crippen molar-refractivity contribution in [2.75, 3.05) is 11.5 Å². The van der Waals surface area contributed by atoms with E-state index in [1.54, 1.807) is 0 Å². The third kappa shape index (κ3) is 2.93. The third-order valence-corrected chi connectivity index (χ3v) is 4.84. The molecule has 1 saturated carbocycles. The van der Waals surface area contributed by atoms with Gasteiger partial charge in [-0.3, -0.25) is 4.79 Å². The molecule has 3 aromatic rings. The summed E-state index contributed by atoms with van der Waals surface area (Å²) in [5, 5.41) is 5.53. The summed E-state index contributed by atoms with van der Waals surface area (Å²) < 4.78 is 1.90. The molecule has 1 aromatic carbocycles. The van der Waals surface area contributed by atoms with Gasteiger partial charge in [-0.1, -0.05) is 12.1 Å². The van der Waals surface area contributed by atoms with Crippen LogP contribution in [0.4, 0.5) is 11.5 Å². The predicted octanol–water partition coefficient (Wildman–Crippen LogP) is 2.42. The molecule has 7 heteroatoms. The molecule has 0 saturated heterocycles. The van der Waals surface area contributed by atoms with Gasteiger partial charge in [0.25, 0.3) is 0 Å². The number of Topliss-reactive ketones (excluding diaryl/α,β-unsaturated/α-hetero) is 1. The standard InChI is InChI=1S/C18H20N6O/c19-13-5-3-12(4-6-13)16-15-17(20)21-10-22-18(15)24(23-16)9-11-1-7-14(25)8-2-11/h3-6,10-11H,1-2,7-9,19H2,(H2,20,21,22). The second-order valence-electron chi connectivity index (χ2n) is 6.59. The minimum Gasteiger partial charge on any atom is -0.399 e. The van der Waals surface area contributed by atoms with Gasteiger partial charge in [0, 0.05) is 30.6 Å². The summed E-state index contributed by atoms with van der Waals surface area (Å²) in [4.78, 5) is 20.0. The van der Waals surface area contributed by atoms with Crippen molar-refractivity contribution in [2.45, 2.75) is 32.2 Å². The first-order valence-electron chi connectivity index (χ1n) is 8.46. The summed E-state index contributed by atoms with van der Waals surface area (Å²) in [5.74, 6) is 1.20. The van der Waals surface area contributed by atoms with Crippen molar-refractivity contribution in [1.82, 2.24) is 19.7 Å². The summed E-state index contributed by atoms with van der Waals surface area (Å²) in [5.41, 5.74) is 15.0. The molecule has 1 aliphatic carbocycles.